The summed E-state index contributed by atoms with van der Waals surface area (Å²) < 4.78 is 20.8. The molecule has 3 amide bonds. The summed E-state index contributed by atoms with van der Waals surface area (Å²) in [4.78, 5) is 34.3. The van der Waals surface area contributed by atoms with Crippen molar-refractivity contribution in [2.75, 3.05) is 34.0 Å². The highest BCUT2D eigenvalue weighted by molar-refractivity contribution is 5.97. The van der Waals surface area contributed by atoms with E-state index in [1.165, 1.54) is 26.3 Å². The quantitative estimate of drug-likeness (QED) is 0.754. The predicted molar refractivity (Wildman–Crippen MR) is 76.9 cm³/mol. The van der Waals surface area contributed by atoms with E-state index in [-0.39, 0.29) is 5.56 Å². The van der Waals surface area contributed by atoms with Gasteiger partial charge in [0, 0.05) is 7.05 Å². The molecule has 9 heteroatoms. The van der Waals surface area contributed by atoms with Crippen molar-refractivity contribution in [3.8, 4) is 17.2 Å². The Bertz CT molecular complexity index is 613. The fourth-order valence-electron chi connectivity index (χ4n) is 1.83. The summed E-state index contributed by atoms with van der Waals surface area (Å²) in [6.07, 6.45) is 0. The molecular weight excluding hydrogens is 308 g/mol. The van der Waals surface area contributed by atoms with E-state index in [4.69, 9.17) is 18.9 Å². The molecule has 2 rings (SSSR count). The molecule has 124 valence electrons. The second-order valence-electron chi connectivity index (χ2n) is 4.41. The summed E-state index contributed by atoms with van der Waals surface area (Å²) in [5.74, 6) is -0.413. The zero-order valence-corrected chi connectivity index (χ0v) is 12.6. The van der Waals surface area contributed by atoms with Crippen molar-refractivity contribution in [2.24, 2.45) is 0 Å². The molecule has 0 atom stereocenters. The van der Waals surface area contributed by atoms with Gasteiger partial charge in [0.15, 0.2) is 18.1 Å². The van der Waals surface area contributed by atoms with E-state index in [1.54, 1.807) is 0 Å². The average Bonchev–Trinajstić information content (AvgIpc) is 2.58. The van der Waals surface area contributed by atoms with Crippen LogP contribution in [0, 0.1) is 0 Å². The number of amides is 3. The molecule has 1 aliphatic heterocycles. The van der Waals surface area contributed by atoms with Gasteiger partial charge >= 0.3 is 12.0 Å². The maximum Gasteiger partial charge on any atom is 0.338 e. The fraction of sp³-hybridized carbons (Fsp3) is 0.357. The number of nitrogens with one attached hydrogen (secondary N) is 2. The van der Waals surface area contributed by atoms with Crippen LogP contribution in [0.15, 0.2) is 12.1 Å². The highest BCUT2D eigenvalue weighted by Crippen LogP contribution is 2.40. The molecule has 0 radical (unpaired) electrons. The molecule has 0 spiro atoms. The maximum atomic E-state index is 12.0. The molecule has 0 saturated carbocycles. The Morgan fingerprint density at radius 3 is 2.65 bits per heavy atom. The van der Waals surface area contributed by atoms with Crippen LogP contribution >= 0.6 is 0 Å². The van der Waals surface area contributed by atoms with Crippen LogP contribution in [0.3, 0.4) is 0 Å². The Balaban J connectivity index is 2.05. The van der Waals surface area contributed by atoms with Crippen molar-refractivity contribution in [1.29, 1.82) is 0 Å². The first kappa shape index (κ1) is 16.4. The number of esters is 1. The minimum Gasteiger partial charge on any atom is -0.493 e. The number of imide groups is 1. The zero-order chi connectivity index (χ0) is 16.8. The summed E-state index contributed by atoms with van der Waals surface area (Å²) in [5, 5.41) is 4.18. The minimum absolute atomic E-state index is 0.138. The Hall–Kier alpha value is -2.97. The number of ether oxygens (including phenoxy) is 4. The highest BCUT2D eigenvalue weighted by atomic mass is 16.6. The molecular formula is C14H16N2O7. The summed E-state index contributed by atoms with van der Waals surface area (Å²) >= 11 is 0. The van der Waals surface area contributed by atoms with Crippen molar-refractivity contribution >= 4 is 17.9 Å². The molecule has 23 heavy (non-hydrogen) atoms. The first-order valence-electron chi connectivity index (χ1n) is 6.71. The number of rotatable bonds is 4. The molecule has 0 unspecified atom stereocenters. The van der Waals surface area contributed by atoms with Crippen molar-refractivity contribution in [1.82, 2.24) is 10.6 Å². The Labute approximate surface area is 131 Å². The third-order valence-electron chi connectivity index (χ3n) is 2.88. The SMILES string of the molecule is CNC(=O)NC(=O)COC(=O)c1cc(OC)c2c(c1)OCCO2. The average molecular weight is 324 g/mol. The molecule has 1 aliphatic rings. The highest BCUT2D eigenvalue weighted by Gasteiger charge is 2.22. The standard InChI is InChI=1S/C14H16N2O7/c1-15-14(19)16-11(17)7-23-13(18)8-5-9(20-2)12-10(6-8)21-3-4-22-12/h5-6H,3-4,7H2,1-2H3,(H2,15,16,17,19). The molecule has 0 saturated heterocycles. The minimum atomic E-state index is -0.757. The van der Waals surface area contributed by atoms with Crippen LogP contribution < -0.4 is 24.8 Å². The Morgan fingerprint density at radius 2 is 1.96 bits per heavy atom. The van der Waals surface area contributed by atoms with E-state index in [0.717, 1.165) is 0 Å². The molecule has 1 aromatic carbocycles. The van der Waals surface area contributed by atoms with E-state index in [2.05, 4.69) is 5.32 Å². The lowest BCUT2D eigenvalue weighted by Gasteiger charge is -2.21. The van der Waals surface area contributed by atoms with Gasteiger partial charge < -0.3 is 24.3 Å². The number of benzene rings is 1. The molecule has 0 aliphatic carbocycles. The third-order valence-corrected chi connectivity index (χ3v) is 2.88. The number of carbonyl (C=O) groups excluding carboxylic acids is 3. The van der Waals surface area contributed by atoms with Gasteiger partial charge in [-0.2, -0.15) is 0 Å². The normalized spacial score (nSPS) is 12.1. The van der Waals surface area contributed by atoms with Gasteiger partial charge in [-0.25, -0.2) is 9.59 Å². The summed E-state index contributed by atoms with van der Waals surface area (Å²) in [6.45, 7) is 0.138. The number of urea groups is 1. The predicted octanol–water partition coefficient (Wildman–Crippen LogP) is 0.0788. The lowest BCUT2D eigenvalue weighted by molar-refractivity contribution is -0.123. The first-order chi connectivity index (χ1) is 11.0. The number of methoxy groups -OCH3 is 1. The molecule has 2 N–H and O–H groups in total. The van der Waals surface area contributed by atoms with E-state index in [0.29, 0.717) is 30.5 Å². The fourth-order valence-corrected chi connectivity index (χ4v) is 1.83. The van der Waals surface area contributed by atoms with Gasteiger partial charge in [-0.05, 0) is 12.1 Å². The second-order valence-corrected chi connectivity index (χ2v) is 4.41. The van der Waals surface area contributed by atoms with E-state index in [9.17, 15) is 14.4 Å². The lowest BCUT2D eigenvalue weighted by atomic mass is 10.1. The second kappa shape index (κ2) is 7.34. The van der Waals surface area contributed by atoms with Crippen LogP contribution in [0.4, 0.5) is 4.79 Å². The van der Waals surface area contributed by atoms with E-state index in [1.807, 2.05) is 5.32 Å². The van der Waals surface area contributed by atoms with Crippen LogP contribution in [0.5, 0.6) is 17.2 Å². The Morgan fingerprint density at radius 1 is 1.22 bits per heavy atom. The topological polar surface area (TPSA) is 112 Å². The van der Waals surface area contributed by atoms with Crippen LogP contribution in [0.25, 0.3) is 0 Å². The number of hydrogen-bond acceptors (Lipinski definition) is 7. The van der Waals surface area contributed by atoms with Crippen molar-refractivity contribution in [3.05, 3.63) is 17.7 Å². The maximum absolute atomic E-state index is 12.0. The van der Waals surface area contributed by atoms with Gasteiger partial charge in [-0.3, -0.25) is 10.1 Å². The van der Waals surface area contributed by atoms with Gasteiger partial charge in [0.05, 0.1) is 12.7 Å². The largest absolute Gasteiger partial charge is 0.493 e. The molecule has 9 nitrogen and oxygen atoms in total. The monoisotopic (exact) mass is 324 g/mol. The van der Waals surface area contributed by atoms with Gasteiger partial charge in [0.2, 0.25) is 5.75 Å². The lowest BCUT2D eigenvalue weighted by Crippen LogP contribution is -2.39. The molecule has 1 aromatic rings. The summed E-state index contributed by atoms with van der Waals surface area (Å²) in [6, 6.07) is 2.18. The number of fused-ring (bicyclic) bond motifs is 1. The smallest absolute Gasteiger partial charge is 0.338 e. The van der Waals surface area contributed by atoms with Crippen molar-refractivity contribution in [3.63, 3.8) is 0 Å². The van der Waals surface area contributed by atoms with Crippen LogP contribution in [-0.2, 0) is 9.53 Å². The number of carbonyl (C=O) groups is 3. The van der Waals surface area contributed by atoms with Crippen LogP contribution in [0.2, 0.25) is 0 Å². The van der Waals surface area contributed by atoms with E-state index >= 15 is 0 Å². The first-order valence-corrected chi connectivity index (χ1v) is 6.71. The van der Waals surface area contributed by atoms with Crippen LogP contribution in [0.1, 0.15) is 10.4 Å². The van der Waals surface area contributed by atoms with Crippen molar-refractivity contribution < 1.29 is 33.3 Å². The zero-order valence-electron chi connectivity index (χ0n) is 12.6. The van der Waals surface area contributed by atoms with Gasteiger partial charge in [0.1, 0.15) is 13.2 Å². The Kier molecular flexibility index (Phi) is 5.23. The van der Waals surface area contributed by atoms with E-state index < -0.39 is 24.5 Å². The number of hydrogen-bond donors (Lipinski definition) is 2. The third kappa shape index (κ3) is 4.02. The molecule has 0 fully saturated rings. The molecule has 1 heterocycles. The summed E-state index contributed by atoms with van der Waals surface area (Å²) in [7, 11) is 2.79. The molecule has 0 bridgehead atoms. The van der Waals surface area contributed by atoms with Gasteiger partial charge in [-0.1, -0.05) is 0 Å². The van der Waals surface area contributed by atoms with Crippen LogP contribution in [-0.4, -0.2) is 51.9 Å². The van der Waals surface area contributed by atoms with Gasteiger partial charge in [-0.15, -0.1) is 0 Å². The molecule has 0 aromatic heterocycles. The van der Waals surface area contributed by atoms with Gasteiger partial charge in [0.25, 0.3) is 5.91 Å². The summed E-state index contributed by atoms with van der Waals surface area (Å²) in [5.41, 5.74) is 0.138. The van der Waals surface area contributed by atoms with Crippen molar-refractivity contribution in [2.45, 2.75) is 0 Å².